The van der Waals surface area contributed by atoms with E-state index >= 15 is 0 Å². The molecule has 126 valence electrons. The first-order valence-electron chi connectivity index (χ1n) is 6.44. The molecule has 0 radical (unpaired) electrons. The molecule has 1 rings (SSSR count). The molecule has 0 aliphatic rings. The molecular formula is C15H9N4O5S-. The van der Waals surface area contributed by atoms with Gasteiger partial charge < -0.3 is 9.29 Å². The van der Waals surface area contributed by atoms with Gasteiger partial charge in [-0.3, -0.25) is 4.18 Å². The van der Waals surface area contributed by atoms with Crippen molar-refractivity contribution >= 4 is 21.8 Å². The maximum atomic E-state index is 10.4. The quantitative estimate of drug-likeness (QED) is 0.312. The molecular weight excluding hydrogens is 348 g/mol. The molecule has 0 amide bonds. The molecule has 1 aromatic rings. The van der Waals surface area contributed by atoms with Crippen LogP contribution in [0.15, 0.2) is 12.1 Å². The zero-order valence-electron chi connectivity index (χ0n) is 12.8. The van der Waals surface area contributed by atoms with Gasteiger partial charge in [0.15, 0.2) is 0 Å². The molecule has 0 saturated carbocycles. The van der Waals surface area contributed by atoms with Crippen LogP contribution < -0.4 is 15.2 Å². The van der Waals surface area contributed by atoms with E-state index in [9.17, 15) is 13.0 Å². The number of hydrogen-bond acceptors (Lipinski definition) is 7. The van der Waals surface area contributed by atoms with Gasteiger partial charge in [-0.2, -0.15) is 0 Å². The molecule has 0 N–H and O–H groups in total. The van der Waals surface area contributed by atoms with E-state index in [1.54, 1.807) is 19.1 Å². The summed E-state index contributed by atoms with van der Waals surface area (Å²) >= 11 is 0. The van der Waals surface area contributed by atoms with Crippen molar-refractivity contribution < 1.29 is 21.9 Å². The van der Waals surface area contributed by atoms with E-state index in [0.717, 1.165) is 0 Å². The summed E-state index contributed by atoms with van der Waals surface area (Å²) in [6.07, 6.45) is 0. The molecule has 25 heavy (non-hydrogen) atoms. The van der Waals surface area contributed by atoms with E-state index in [2.05, 4.69) is 13.9 Å². The Bertz CT molecular complexity index is 1050. The molecule has 0 aliphatic carbocycles. The van der Waals surface area contributed by atoms with E-state index in [-0.39, 0.29) is 34.2 Å². The van der Waals surface area contributed by atoms with Crippen LogP contribution in [0.3, 0.4) is 0 Å². The lowest BCUT2D eigenvalue weighted by molar-refractivity contribution is 0.198. The van der Waals surface area contributed by atoms with Gasteiger partial charge >= 0.3 is 0 Å². The Hall–Kier alpha value is -3.41. The van der Waals surface area contributed by atoms with Crippen molar-refractivity contribution in [1.29, 1.82) is 10.5 Å². The third kappa shape index (κ3) is 5.31. The van der Waals surface area contributed by atoms with Crippen LogP contribution in [0.2, 0.25) is 0 Å². The molecule has 0 bridgehead atoms. The van der Waals surface area contributed by atoms with Crippen LogP contribution in [-0.2, 0) is 14.6 Å². The average Bonchev–Trinajstić information content (AvgIpc) is 2.55. The minimum Gasteiger partial charge on any atom is -0.726 e. The van der Waals surface area contributed by atoms with Gasteiger partial charge in [0.2, 0.25) is 10.4 Å². The van der Waals surface area contributed by atoms with Crippen LogP contribution in [0.4, 0.5) is 0 Å². The third-order valence-corrected chi connectivity index (χ3v) is 3.30. The Morgan fingerprint density at radius 2 is 1.72 bits per heavy atom. The molecule has 0 fully saturated rings. The molecule has 0 saturated heterocycles. The lowest BCUT2D eigenvalue weighted by Crippen LogP contribution is -2.21. The van der Waals surface area contributed by atoms with Crippen LogP contribution >= 0.6 is 0 Å². The van der Waals surface area contributed by atoms with E-state index in [0.29, 0.717) is 5.56 Å². The largest absolute Gasteiger partial charge is 0.726 e. The maximum absolute atomic E-state index is 10.4. The van der Waals surface area contributed by atoms with Gasteiger partial charge in [-0.25, -0.2) is 28.6 Å². The zero-order valence-corrected chi connectivity index (χ0v) is 13.6. The predicted molar refractivity (Wildman–Crippen MR) is 82.8 cm³/mol. The first kappa shape index (κ1) is 19.6. The van der Waals surface area contributed by atoms with Gasteiger partial charge in [-0.05, 0) is 18.2 Å². The van der Waals surface area contributed by atoms with Crippen molar-refractivity contribution in [1.82, 2.24) is 0 Å². The first-order chi connectivity index (χ1) is 11.8. The number of nitrogens with zero attached hydrogens (tertiary/aromatic N) is 4. The van der Waals surface area contributed by atoms with Crippen molar-refractivity contribution in [2.45, 2.75) is 6.92 Å². The zero-order chi connectivity index (χ0) is 19.0. The van der Waals surface area contributed by atoms with Crippen molar-refractivity contribution in [2.24, 2.45) is 0 Å². The summed E-state index contributed by atoms with van der Waals surface area (Å²) in [6, 6.07) is 6.14. The summed E-state index contributed by atoms with van der Waals surface area (Å²) in [6.45, 7) is 14.7. The highest BCUT2D eigenvalue weighted by Crippen LogP contribution is 2.07. The fraction of sp³-hybridized carbons (Fsp3) is 0.200. The van der Waals surface area contributed by atoms with Gasteiger partial charge in [-0.1, -0.05) is 11.6 Å². The smallest absolute Gasteiger partial charge is 0.272 e. The van der Waals surface area contributed by atoms with Crippen molar-refractivity contribution in [3.05, 3.63) is 51.0 Å². The maximum Gasteiger partial charge on any atom is 0.272 e. The normalized spacial score (nSPS) is 12.7. The highest BCUT2D eigenvalue weighted by molar-refractivity contribution is 7.80. The summed E-state index contributed by atoms with van der Waals surface area (Å²) in [5, 5.41) is 18.4. The number of benzene rings is 1. The molecule has 0 atom stereocenters. The molecule has 0 aliphatic heterocycles. The van der Waals surface area contributed by atoms with Crippen LogP contribution in [-0.4, -0.2) is 26.2 Å². The number of aryl methyl sites for hydroxylation is 1. The van der Waals surface area contributed by atoms with E-state index in [4.69, 9.17) is 28.4 Å². The monoisotopic (exact) mass is 357 g/mol. The highest BCUT2D eigenvalue weighted by Gasteiger charge is 2.08. The molecule has 0 heterocycles. The molecule has 0 aromatic heterocycles. The average molecular weight is 357 g/mol. The Balaban J connectivity index is 3.51. The van der Waals surface area contributed by atoms with Crippen LogP contribution in [0.25, 0.3) is 21.1 Å². The van der Waals surface area contributed by atoms with E-state index in [1.807, 2.05) is 0 Å². The molecule has 9 nitrogen and oxygen atoms in total. The highest BCUT2D eigenvalue weighted by atomic mass is 32.3. The second kappa shape index (κ2) is 8.44. The summed E-state index contributed by atoms with van der Waals surface area (Å²) in [5.41, 5.74) is -0.0263. The number of rotatable bonds is 5. The van der Waals surface area contributed by atoms with Crippen molar-refractivity contribution in [3.8, 4) is 17.9 Å². The lowest BCUT2D eigenvalue weighted by atomic mass is 10.1. The Morgan fingerprint density at radius 1 is 1.16 bits per heavy atom. The number of hydrogen-bond donors (Lipinski definition) is 0. The minimum absolute atomic E-state index is 0.0172. The summed E-state index contributed by atoms with van der Waals surface area (Å²) < 4.78 is 40.4. The predicted octanol–water partition coefficient (Wildman–Crippen LogP) is -0.0472. The summed E-state index contributed by atoms with van der Waals surface area (Å²) in [4.78, 5) is 6.17. The minimum atomic E-state index is -4.87. The van der Waals surface area contributed by atoms with Gasteiger partial charge in [0.1, 0.15) is 12.4 Å². The van der Waals surface area contributed by atoms with Gasteiger partial charge in [0.05, 0.1) is 31.9 Å². The Morgan fingerprint density at radius 3 is 2.20 bits per heavy atom. The van der Waals surface area contributed by atoms with Crippen LogP contribution in [0.1, 0.15) is 5.56 Å². The second-order valence-electron chi connectivity index (χ2n) is 4.39. The number of ether oxygens (including phenoxy) is 1. The third-order valence-electron chi connectivity index (χ3n) is 2.84. The fourth-order valence-corrected chi connectivity index (χ4v) is 2.10. The molecule has 10 heteroatoms. The van der Waals surface area contributed by atoms with Crippen molar-refractivity contribution in [2.75, 3.05) is 13.2 Å². The van der Waals surface area contributed by atoms with Gasteiger partial charge in [0, 0.05) is 5.22 Å². The first-order valence-corrected chi connectivity index (χ1v) is 7.78. The van der Waals surface area contributed by atoms with Gasteiger partial charge in [0.25, 0.3) is 11.4 Å². The van der Waals surface area contributed by atoms with Crippen molar-refractivity contribution in [3.63, 3.8) is 0 Å². The second-order valence-corrected chi connectivity index (χ2v) is 5.44. The fourth-order valence-electron chi connectivity index (χ4n) is 1.83. The summed E-state index contributed by atoms with van der Waals surface area (Å²) in [5.74, 6) is -0.0172. The summed E-state index contributed by atoms with van der Waals surface area (Å²) in [7, 11) is -4.87. The molecule has 0 unspecified atom stereocenters. The molecule has 1 aromatic carbocycles. The van der Waals surface area contributed by atoms with Gasteiger partial charge in [-0.15, -0.1) is 0 Å². The SMILES string of the molecule is [C-]#[N+]/C(C#N)=c1/cc(OCCOS(=O)(=O)[O-])/c(=C(\C#N)[N+]#[C-])cc1C. The Kier molecular flexibility index (Phi) is 6.63. The van der Waals surface area contributed by atoms with E-state index in [1.165, 1.54) is 12.1 Å². The lowest BCUT2D eigenvalue weighted by Gasteiger charge is -2.11. The number of nitriles is 2. The standard InChI is InChI=1S/C15H10N4O5S/c1-10-6-12(14(9-17)19-3)15(7-11(10)13(8-16)18-2)23-4-5-24-25(20,21)22/h6-7H,4-5H2,1H3,(H,20,21,22)/p-1/b13-11-,14-12+. The van der Waals surface area contributed by atoms with Crippen LogP contribution in [0.5, 0.6) is 5.75 Å². The van der Waals surface area contributed by atoms with Crippen LogP contribution in [0, 0.1) is 42.7 Å². The Labute approximate surface area is 143 Å². The molecule has 0 spiro atoms. The van der Waals surface area contributed by atoms with E-state index < -0.39 is 17.0 Å². The topological polar surface area (TPSA) is 132 Å².